The predicted molar refractivity (Wildman–Crippen MR) is 37.1 cm³/mol. The fourth-order valence-electron chi connectivity index (χ4n) is 0.278. The second kappa shape index (κ2) is 15.7. The summed E-state index contributed by atoms with van der Waals surface area (Å²) in [6.45, 7) is 0. The van der Waals surface area contributed by atoms with Gasteiger partial charge in [-0.25, -0.2) is 0 Å². The van der Waals surface area contributed by atoms with Gasteiger partial charge in [-0.05, 0) is 12.1 Å². The molecule has 0 aromatic carbocycles. The van der Waals surface area contributed by atoms with Gasteiger partial charge in [-0.2, -0.15) is 0 Å². The molecule has 0 aliphatic rings. The monoisotopic (exact) mass is 131 g/mol. The minimum absolute atomic E-state index is 1.00. The normalized spacial score (nSPS) is 5.78. The molecule has 3 heteroatoms. The molecule has 0 amide bonds. The molecule has 0 radical (unpaired) electrons. The molecule has 1 heterocycles. The van der Waals surface area contributed by atoms with E-state index in [1.54, 1.807) is 0 Å². The summed E-state index contributed by atoms with van der Waals surface area (Å²) in [7, 11) is 2.00. The van der Waals surface area contributed by atoms with E-state index in [2.05, 4.69) is 4.98 Å². The van der Waals surface area contributed by atoms with E-state index in [0.717, 1.165) is 14.2 Å². The Kier molecular flexibility index (Phi) is 19.3. The molecular weight excluding hydrogens is 118 g/mol. The Labute approximate surface area is 55.0 Å². The summed E-state index contributed by atoms with van der Waals surface area (Å²) in [5.74, 6) is 0. The van der Waals surface area contributed by atoms with E-state index in [1.165, 1.54) is 0 Å². The third-order valence-corrected chi connectivity index (χ3v) is 0.496. The van der Waals surface area contributed by atoms with Crippen LogP contribution in [-0.4, -0.2) is 29.4 Å². The highest BCUT2D eigenvalue weighted by atomic mass is 16.2. The Morgan fingerprint density at radius 1 is 0.889 bits per heavy atom. The highest BCUT2D eigenvalue weighted by molar-refractivity contribution is 4.84. The molecule has 0 saturated carbocycles. The number of nitrogens with one attached hydrogen (secondary N) is 1. The van der Waals surface area contributed by atoms with Crippen LogP contribution in [-0.2, 0) is 0 Å². The first-order chi connectivity index (χ1) is 4.50. The van der Waals surface area contributed by atoms with Gasteiger partial charge in [0.15, 0.2) is 0 Å². The molecule has 0 aliphatic carbocycles. The van der Waals surface area contributed by atoms with Gasteiger partial charge in [0.2, 0.25) is 0 Å². The van der Waals surface area contributed by atoms with E-state index in [-0.39, 0.29) is 0 Å². The molecule has 0 spiro atoms. The molecule has 0 fully saturated rings. The number of hydrogen-bond acceptors (Lipinski definition) is 2. The van der Waals surface area contributed by atoms with E-state index in [0.29, 0.717) is 0 Å². The summed E-state index contributed by atoms with van der Waals surface area (Å²) >= 11 is 0. The molecule has 54 valence electrons. The molecule has 0 unspecified atom stereocenters. The first-order valence-electron chi connectivity index (χ1n) is 2.47. The van der Waals surface area contributed by atoms with Crippen molar-refractivity contribution in [3.63, 3.8) is 0 Å². The van der Waals surface area contributed by atoms with Gasteiger partial charge >= 0.3 is 0 Å². The van der Waals surface area contributed by atoms with Crippen molar-refractivity contribution in [2.75, 3.05) is 14.2 Å². The molecule has 0 atom stereocenters. The largest absolute Gasteiger partial charge is 0.400 e. The molecule has 1 aromatic heterocycles. The third kappa shape index (κ3) is 11.0. The minimum Gasteiger partial charge on any atom is -0.400 e. The van der Waals surface area contributed by atoms with E-state index in [4.69, 9.17) is 10.2 Å². The second-order valence-corrected chi connectivity index (χ2v) is 0.885. The third-order valence-electron chi connectivity index (χ3n) is 0.496. The summed E-state index contributed by atoms with van der Waals surface area (Å²) < 4.78 is 0. The van der Waals surface area contributed by atoms with Crippen LogP contribution in [0, 0.1) is 0 Å². The topological polar surface area (TPSA) is 56.2 Å². The van der Waals surface area contributed by atoms with Crippen molar-refractivity contribution in [1.82, 2.24) is 4.98 Å². The summed E-state index contributed by atoms with van der Waals surface area (Å²) in [6, 6.07) is 3.89. The van der Waals surface area contributed by atoms with E-state index in [1.807, 2.05) is 24.5 Å². The maximum Gasteiger partial charge on any atom is 0.0319 e. The Morgan fingerprint density at radius 2 is 1.22 bits per heavy atom. The van der Waals surface area contributed by atoms with Crippen LogP contribution in [0.1, 0.15) is 0 Å². The molecule has 3 N–H and O–H groups in total. The van der Waals surface area contributed by atoms with Gasteiger partial charge < -0.3 is 15.2 Å². The number of aliphatic hydroxyl groups is 2. The van der Waals surface area contributed by atoms with Crippen LogP contribution in [0.4, 0.5) is 0 Å². The fraction of sp³-hybridized carbons (Fsp3) is 0.333. The smallest absolute Gasteiger partial charge is 0.0319 e. The maximum absolute atomic E-state index is 7.00. The van der Waals surface area contributed by atoms with Gasteiger partial charge in [0.25, 0.3) is 0 Å². The Hall–Kier alpha value is -0.800. The van der Waals surface area contributed by atoms with Crippen LogP contribution in [0.2, 0.25) is 0 Å². The summed E-state index contributed by atoms with van der Waals surface area (Å²) in [5, 5.41) is 14.0. The lowest BCUT2D eigenvalue weighted by atomic mass is 10.7. The number of rotatable bonds is 0. The Balaban J connectivity index is 0. The predicted octanol–water partition coefficient (Wildman–Crippen LogP) is 0.232. The van der Waals surface area contributed by atoms with Crippen molar-refractivity contribution in [3.8, 4) is 0 Å². The van der Waals surface area contributed by atoms with E-state index < -0.39 is 0 Å². The number of aromatic nitrogens is 1. The lowest BCUT2D eigenvalue weighted by Gasteiger charge is -1.49. The Morgan fingerprint density at radius 3 is 1.33 bits per heavy atom. The SMILES string of the molecule is CO.CO.c1cc[nH]c1. The van der Waals surface area contributed by atoms with Gasteiger partial charge in [0.1, 0.15) is 0 Å². The van der Waals surface area contributed by atoms with Crippen molar-refractivity contribution < 1.29 is 10.2 Å². The van der Waals surface area contributed by atoms with Crippen molar-refractivity contribution in [1.29, 1.82) is 0 Å². The highest BCUT2D eigenvalue weighted by Crippen LogP contribution is 1.72. The first kappa shape index (κ1) is 11.1. The minimum atomic E-state index is 1.00. The Bertz CT molecular complexity index is 67.5. The number of aromatic amines is 1. The number of aliphatic hydroxyl groups excluding tert-OH is 2. The molecule has 0 aliphatic heterocycles. The zero-order valence-corrected chi connectivity index (χ0v) is 5.70. The van der Waals surface area contributed by atoms with Crippen LogP contribution < -0.4 is 0 Å². The lowest BCUT2D eigenvalue weighted by molar-refractivity contribution is 0.399. The van der Waals surface area contributed by atoms with Crippen molar-refractivity contribution in [2.24, 2.45) is 0 Å². The zero-order chi connectivity index (χ0) is 7.54. The van der Waals surface area contributed by atoms with E-state index in [9.17, 15) is 0 Å². The van der Waals surface area contributed by atoms with Crippen LogP contribution in [0.5, 0.6) is 0 Å². The standard InChI is InChI=1S/C4H5N.2CH4O/c1-2-4-5-3-1;2*1-2/h1-5H;2*2H,1H3. The molecule has 0 bridgehead atoms. The van der Waals surface area contributed by atoms with Gasteiger partial charge in [0, 0.05) is 26.6 Å². The van der Waals surface area contributed by atoms with Gasteiger partial charge in [-0.3, -0.25) is 0 Å². The molecular formula is C6H13NO2. The van der Waals surface area contributed by atoms with Crippen molar-refractivity contribution >= 4 is 0 Å². The highest BCUT2D eigenvalue weighted by Gasteiger charge is 1.55. The molecule has 0 saturated heterocycles. The fourth-order valence-corrected chi connectivity index (χ4v) is 0.278. The lowest BCUT2D eigenvalue weighted by Crippen LogP contribution is -1.38. The van der Waals surface area contributed by atoms with Gasteiger partial charge in [0.05, 0.1) is 0 Å². The molecule has 9 heavy (non-hydrogen) atoms. The molecule has 1 aromatic rings. The quantitative estimate of drug-likeness (QED) is 0.472. The van der Waals surface area contributed by atoms with Crippen molar-refractivity contribution in [3.05, 3.63) is 24.5 Å². The summed E-state index contributed by atoms with van der Waals surface area (Å²) in [4.78, 5) is 2.86. The number of H-pyrrole nitrogens is 1. The average Bonchev–Trinajstić information content (AvgIpc) is 2.51. The van der Waals surface area contributed by atoms with Gasteiger partial charge in [-0.1, -0.05) is 0 Å². The average molecular weight is 131 g/mol. The molecule has 3 nitrogen and oxygen atoms in total. The molecule has 1 rings (SSSR count). The van der Waals surface area contributed by atoms with Crippen LogP contribution in [0.15, 0.2) is 24.5 Å². The maximum atomic E-state index is 7.00. The van der Waals surface area contributed by atoms with E-state index >= 15 is 0 Å². The zero-order valence-electron chi connectivity index (χ0n) is 5.70. The number of hydrogen-bond donors (Lipinski definition) is 3. The summed E-state index contributed by atoms with van der Waals surface area (Å²) in [6.07, 6.45) is 3.75. The first-order valence-corrected chi connectivity index (χ1v) is 2.47. The van der Waals surface area contributed by atoms with Gasteiger partial charge in [-0.15, -0.1) is 0 Å². The second-order valence-electron chi connectivity index (χ2n) is 0.885. The van der Waals surface area contributed by atoms with Crippen LogP contribution in [0.3, 0.4) is 0 Å². The summed E-state index contributed by atoms with van der Waals surface area (Å²) in [5.41, 5.74) is 0. The van der Waals surface area contributed by atoms with Crippen LogP contribution in [0.25, 0.3) is 0 Å². The van der Waals surface area contributed by atoms with Crippen molar-refractivity contribution in [2.45, 2.75) is 0 Å². The van der Waals surface area contributed by atoms with Crippen LogP contribution >= 0.6 is 0 Å².